The highest BCUT2D eigenvalue weighted by Crippen LogP contribution is 2.26. The summed E-state index contributed by atoms with van der Waals surface area (Å²) >= 11 is 0. The highest BCUT2D eigenvalue weighted by Gasteiger charge is 2.22. The van der Waals surface area contributed by atoms with Crippen LogP contribution in [0.15, 0.2) is 36.9 Å². The number of ether oxygens (including phenoxy) is 1. The highest BCUT2D eigenvalue weighted by molar-refractivity contribution is 5.76. The van der Waals surface area contributed by atoms with E-state index < -0.39 is 0 Å². The summed E-state index contributed by atoms with van der Waals surface area (Å²) in [6.07, 6.45) is 7.18. The van der Waals surface area contributed by atoms with Crippen LogP contribution in [0, 0.1) is 0 Å². The maximum atomic E-state index is 12.2. The fraction of sp³-hybridized carbons (Fsp3) is 0.550. The third-order valence-electron chi connectivity index (χ3n) is 4.79. The van der Waals surface area contributed by atoms with Crippen LogP contribution in [0.5, 0.6) is 5.75 Å². The van der Waals surface area contributed by atoms with Crippen molar-refractivity contribution in [2.24, 2.45) is 0 Å². The third kappa shape index (κ3) is 6.06. The van der Waals surface area contributed by atoms with E-state index in [0.717, 1.165) is 44.6 Å². The molecule has 0 radical (unpaired) electrons. The molecule has 1 aromatic carbocycles. The Bertz CT molecular complexity index is 704. The first-order valence-electron chi connectivity index (χ1n) is 9.80. The van der Waals surface area contributed by atoms with E-state index >= 15 is 0 Å². The van der Waals surface area contributed by atoms with Gasteiger partial charge in [-0.25, -0.2) is 4.98 Å². The van der Waals surface area contributed by atoms with Gasteiger partial charge in [0.15, 0.2) is 0 Å². The standard InChI is InChI=1S/C20H29N5O2/c1-2-3-7-18-14-24(13-17-6-4-5-8-19(17)27-18)11-9-20(26)22-10-12-25-16-21-15-23-25/h4-6,8,15-16,18H,2-3,7,9-14H2,1H3,(H,22,26). The summed E-state index contributed by atoms with van der Waals surface area (Å²) in [4.78, 5) is 18.4. The summed E-state index contributed by atoms with van der Waals surface area (Å²) in [6, 6.07) is 8.23. The number of unbranched alkanes of at least 4 members (excludes halogenated alkanes) is 1. The Morgan fingerprint density at radius 2 is 2.22 bits per heavy atom. The monoisotopic (exact) mass is 371 g/mol. The molecule has 1 aliphatic rings. The van der Waals surface area contributed by atoms with Crippen LogP contribution in [0.4, 0.5) is 0 Å². The molecule has 1 aromatic heterocycles. The largest absolute Gasteiger partial charge is 0.489 e. The minimum atomic E-state index is 0.0682. The normalized spacial score (nSPS) is 17.0. The van der Waals surface area contributed by atoms with Gasteiger partial charge in [0.05, 0.1) is 6.54 Å². The van der Waals surface area contributed by atoms with Crippen LogP contribution in [0.3, 0.4) is 0 Å². The molecule has 1 atom stereocenters. The maximum Gasteiger partial charge on any atom is 0.221 e. The van der Waals surface area contributed by atoms with Crippen LogP contribution in [0.1, 0.15) is 38.2 Å². The van der Waals surface area contributed by atoms with E-state index in [1.165, 1.54) is 11.9 Å². The lowest BCUT2D eigenvalue weighted by Crippen LogP contribution is -2.36. The Labute approximate surface area is 160 Å². The summed E-state index contributed by atoms with van der Waals surface area (Å²) < 4.78 is 7.95. The maximum absolute atomic E-state index is 12.2. The Morgan fingerprint density at radius 3 is 3.04 bits per heavy atom. The van der Waals surface area contributed by atoms with Crippen molar-refractivity contribution in [3.8, 4) is 5.75 Å². The van der Waals surface area contributed by atoms with Crippen molar-refractivity contribution in [2.45, 2.75) is 51.8 Å². The van der Waals surface area contributed by atoms with Gasteiger partial charge in [0.25, 0.3) is 0 Å². The van der Waals surface area contributed by atoms with E-state index in [9.17, 15) is 4.79 Å². The zero-order chi connectivity index (χ0) is 18.9. The molecule has 1 N–H and O–H groups in total. The number of carbonyl (C=O) groups is 1. The number of carbonyl (C=O) groups excluding carboxylic acids is 1. The van der Waals surface area contributed by atoms with Crippen molar-refractivity contribution in [2.75, 3.05) is 19.6 Å². The third-order valence-corrected chi connectivity index (χ3v) is 4.79. The number of benzene rings is 1. The molecule has 0 aliphatic carbocycles. The summed E-state index contributed by atoms with van der Waals surface area (Å²) in [7, 11) is 0. The lowest BCUT2D eigenvalue weighted by molar-refractivity contribution is -0.121. The molecule has 2 aromatic rings. The van der Waals surface area contributed by atoms with Crippen LogP contribution in [-0.2, 0) is 17.9 Å². The fourth-order valence-corrected chi connectivity index (χ4v) is 3.32. The van der Waals surface area contributed by atoms with Crippen molar-refractivity contribution in [3.63, 3.8) is 0 Å². The topological polar surface area (TPSA) is 72.3 Å². The van der Waals surface area contributed by atoms with Crippen LogP contribution in [0.2, 0.25) is 0 Å². The zero-order valence-electron chi connectivity index (χ0n) is 16.0. The fourth-order valence-electron chi connectivity index (χ4n) is 3.32. The Hall–Kier alpha value is -2.41. The lowest BCUT2D eigenvalue weighted by atomic mass is 10.1. The number of aromatic nitrogens is 3. The highest BCUT2D eigenvalue weighted by atomic mass is 16.5. The molecule has 3 rings (SSSR count). The molecule has 1 amide bonds. The molecule has 0 spiro atoms. The second kappa shape index (κ2) is 10.1. The van der Waals surface area contributed by atoms with Crippen LogP contribution < -0.4 is 10.1 Å². The van der Waals surface area contributed by atoms with Crippen molar-refractivity contribution >= 4 is 5.91 Å². The smallest absolute Gasteiger partial charge is 0.221 e. The predicted molar refractivity (Wildman–Crippen MR) is 103 cm³/mol. The van der Waals surface area contributed by atoms with Crippen molar-refractivity contribution in [1.82, 2.24) is 25.0 Å². The number of nitrogens with zero attached hydrogens (tertiary/aromatic N) is 4. The van der Waals surface area contributed by atoms with E-state index in [1.807, 2.05) is 12.1 Å². The summed E-state index contributed by atoms with van der Waals surface area (Å²) in [5, 5.41) is 6.98. The first-order valence-corrected chi connectivity index (χ1v) is 9.80. The average Bonchev–Trinajstić information content (AvgIpc) is 3.12. The Kier molecular flexibility index (Phi) is 7.21. The lowest BCUT2D eigenvalue weighted by Gasteiger charge is -2.23. The minimum absolute atomic E-state index is 0.0682. The van der Waals surface area contributed by atoms with Gasteiger partial charge in [0, 0.05) is 38.2 Å². The number of para-hydroxylation sites is 1. The van der Waals surface area contributed by atoms with Crippen LogP contribution >= 0.6 is 0 Å². The number of rotatable bonds is 9. The van der Waals surface area contributed by atoms with E-state index in [-0.39, 0.29) is 12.0 Å². The van der Waals surface area contributed by atoms with E-state index in [1.54, 1.807) is 11.0 Å². The SMILES string of the molecule is CCCCC1CN(CCC(=O)NCCn2cncn2)Cc2ccccc2O1. The van der Waals surface area contributed by atoms with Gasteiger partial charge in [-0.05, 0) is 18.9 Å². The van der Waals surface area contributed by atoms with Crippen LogP contribution in [-0.4, -0.2) is 51.3 Å². The van der Waals surface area contributed by atoms with Gasteiger partial charge >= 0.3 is 0 Å². The second-order valence-electron chi connectivity index (χ2n) is 6.98. The molecular weight excluding hydrogens is 342 g/mol. The van der Waals surface area contributed by atoms with E-state index in [2.05, 4.69) is 39.4 Å². The molecule has 0 fully saturated rings. The van der Waals surface area contributed by atoms with E-state index in [4.69, 9.17) is 4.74 Å². The number of hydrogen-bond acceptors (Lipinski definition) is 5. The molecule has 27 heavy (non-hydrogen) atoms. The molecule has 0 bridgehead atoms. The zero-order valence-corrected chi connectivity index (χ0v) is 16.0. The van der Waals surface area contributed by atoms with Gasteiger partial charge in [-0.2, -0.15) is 5.10 Å². The Balaban J connectivity index is 1.49. The number of fused-ring (bicyclic) bond motifs is 1. The Morgan fingerprint density at radius 1 is 1.33 bits per heavy atom. The molecule has 0 saturated heterocycles. The molecule has 2 heterocycles. The summed E-state index contributed by atoms with van der Waals surface area (Å²) in [6.45, 7) is 5.82. The molecule has 1 unspecified atom stereocenters. The number of hydrogen-bond donors (Lipinski definition) is 1. The second-order valence-corrected chi connectivity index (χ2v) is 6.98. The molecular formula is C20H29N5O2. The van der Waals surface area contributed by atoms with Gasteiger partial charge in [-0.3, -0.25) is 14.4 Å². The predicted octanol–water partition coefficient (Wildman–Crippen LogP) is 2.24. The van der Waals surface area contributed by atoms with Gasteiger partial charge < -0.3 is 10.1 Å². The van der Waals surface area contributed by atoms with Gasteiger partial charge in [-0.15, -0.1) is 0 Å². The van der Waals surface area contributed by atoms with Crippen molar-refractivity contribution in [3.05, 3.63) is 42.5 Å². The number of nitrogens with one attached hydrogen (secondary N) is 1. The molecule has 1 aliphatic heterocycles. The van der Waals surface area contributed by atoms with Gasteiger partial charge in [0.2, 0.25) is 5.91 Å². The number of amides is 1. The van der Waals surface area contributed by atoms with Crippen LogP contribution in [0.25, 0.3) is 0 Å². The average molecular weight is 371 g/mol. The van der Waals surface area contributed by atoms with Crippen molar-refractivity contribution < 1.29 is 9.53 Å². The minimum Gasteiger partial charge on any atom is -0.489 e. The first kappa shape index (κ1) is 19.4. The first-order chi connectivity index (χ1) is 13.2. The molecule has 7 nitrogen and oxygen atoms in total. The molecule has 146 valence electrons. The van der Waals surface area contributed by atoms with Crippen molar-refractivity contribution in [1.29, 1.82) is 0 Å². The van der Waals surface area contributed by atoms with Gasteiger partial charge in [0.1, 0.15) is 24.5 Å². The molecule has 0 saturated carbocycles. The molecule has 7 heteroatoms. The quantitative estimate of drug-likeness (QED) is 0.732. The van der Waals surface area contributed by atoms with Gasteiger partial charge in [-0.1, -0.05) is 31.5 Å². The van der Waals surface area contributed by atoms with E-state index in [0.29, 0.717) is 19.5 Å². The summed E-state index contributed by atoms with van der Waals surface area (Å²) in [5.41, 5.74) is 1.20. The summed E-state index contributed by atoms with van der Waals surface area (Å²) in [5.74, 6) is 1.05.